The number of benzene rings is 3. The number of carbonyl (C=O) groups is 2. The van der Waals surface area contributed by atoms with Crippen LogP contribution in [0.2, 0.25) is 0 Å². The molecule has 0 aromatic heterocycles. The van der Waals surface area contributed by atoms with E-state index < -0.39 is 23.5 Å². The Morgan fingerprint density at radius 1 is 0.971 bits per heavy atom. The van der Waals surface area contributed by atoms with Crippen molar-refractivity contribution in [3.05, 3.63) is 100 Å². The highest BCUT2D eigenvalue weighted by Gasteiger charge is 2.48. The molecule has 1 heterocycles. The van der Waals surface area contributed by atoms with E-state index in [1.165, 1.54) is 23.1 Å². The number of nitrogens with zero attached hydrogens (tertiary/aromatic N) is 1. The van der Waals surface area contributed by atoms with Crippen molar-refractivity contribution in [3.63, 3.8) is 0 Å². The summed E-state index contributed by atoms with van der Waals surface area (Å²) >= 11 is 0. The predicted octanol–water partition coefficient (Wildman–Crippen LogP) is 5.86. The number of rotatable bonds is 5. The van der Waals surface area contributed by atoms with Gasteiger partial charge in [0.2, 0.25) is 0 Å². The van der Waals surface area contributed by atoms with Gasteiger partial charge in [-0.3, -0.25) is 14.5 Å². The van der Waals surface area contributed by atoms with Gasteiger partial charge in [0.25, 0.3) is 11.7 Å². The van der Waals surface area contributed by atoms with Gasteiger partial charge in [0, 0.05) is 16.8 Å². The monoisotopic (exact) mass is 459 g/mol. The van der Waals surface area contributed by atoms with Gasteiger partial charge in [-0.1, -0.05) is 36.4 Å². The number of ether oxygens (including phenoxy) is 1. The largest absolute Gasteiger partial charge is 0.507 e. The third-order valence-corrected chi connectivity index (χ3v) is 5.83. The highest BCUT2D eigenvalue weighted by atomic mass is 19.1. The molecule has 0 spiro atoms. The molecule has 1 atom stereocenters. The standard InChI is InChI=1S/C28H26FNO4/c1-16(2)34-23-14-13-19(15-18(23)4)26(31)24-25(20-10-6-7-11-21(20)29)30(28(33)27(24)32)22-12-8-5-9-17(22)3/h5-16,25,31H,1-4H3/b26-24+. The second kappa shape index (κ2) is 9.14. The fourth-order valence-electron chi connectivity index (χ4n) is 4.24. The Balaban J connectivity index is 1.93. The summed E-state index contributed by atoms with van der Waals surface area (Å²) < 4.78 is 20.8. The van der Waals surface area contributed by atoms with Crippen LogP contribution >= 0.6 is 0 Å². The third kappa shape index (κ3) is 4.07. The van der Waals surface area contributed by atoms with Crippen LogP contribution in [0.5, 0.6) is 5.75 Å². The first-order chi connectivity index (χ1) is 16.2. The minimum absolute atomic E-state index is 0.0290. The number of hydrogen-bond acceptors (Lipinski definition) is 4. The maximum atomic E-state index is 15.0. The molecular weight excluding hydrogens is 433 g/mol. The second-order valence-corrected chi connectivity index (χ2v) is 8.62. The minimum atomic E-state index is -1.12. The average Bonchev–Trinajstić information content (AvgIpc) is 3.05. The number of anilines is 1. The maximum absolute atomic E-state index is 15.0. The number of amides is 1. The Hall–Kier alpha value is -3.93. The van der Waals surface area contributed by atoms with E-state index in [0.717, 1.165) is 11.1 Å². The molecule has 0 saturated carbocycles. The van der Waals surface area contributed by atoms with Gasteiger partial charge in [-0.15, -0.1) is 0 Å². The van der Waals surface area contributed by atoms with Gasteiger partial charge < -0.3 is 9.84 Å². The molecule has 5 nitrogen and oxygen atoms in total. The molecule has 1 N–H and O–H groups in total. The zero-order valence-electron chi connectivity index (χ0n) is 19.5. The maximum Gasteiger partial charge on any atom is 0.300 e. The van der Waals surface area contributed by atoms with Crippen LogP contribution in [0.3, 0.4) is 0 Å². The van der Waals surface area contributed by atoms with Crippen molar-refractivity contribution in [1.82, 2.24) is 0 Å². The number of aliphatic hydroxyl groups is 1. The topological polar surface area (TPSA) is 66.8 Å². The molecular formula is C28H26FNO4. The Kier molecular flexibility index (Phi) is 6.24. The van der Waals surface area contributed by atoms with E-state index in [1.807, 2.05) is 39.8 Å². The van der Waals surface area contributed by atoms with E-state index in [2.05, 4.69) is 0 Å². The Labute approximate surface area is 198 Å². The Bertz CT molecular complexity index is 1310. The summed E-state index contributed by atoms with van der Waals surface area (Å²) in [7, 11) is 0. The van der Waals surface area contributed by atoms with E-state index in [4.69, 9.17) is 4.74 Å². The van der Waals surface area contributed by atoms with Gasteiger partial charge in [-0.05, 0) is 69.2 Å². The lowest BCUT2D eigenvalue weighted by Gasteiger charge is -2.27. The molecule has 6 heteroatoms. The minimum Gasteiger partial charge on any atom is -0.507 e. The van der Waals surface area contributed by atoms with Gasteiger partial charge in [0.1, 0.15) is 17.3 Å². The zero-order chi connectivity index (χ0) is 24.6. The van der Waals surface area contributed by atoms with E-state index in [-0.39, 0.29) is 23.0 Å². The predicted molar refractivity (Wildman–Crippen MR) is 129 cm³/mol. The molecule has 3 aromatic rings. The van der Waals surface area contributed by atoms with Crippen LogP contribution in [-0.2, 0) is 9.59 Å². The van der Waals surface area contributed by atoms with Gasteiger partial charge in [0.05, 0.1) is 17.7 Å². The molecule has 1 saturated heterocycles. The highest BCUT2D eigenvalue weighted by Crippen LogP contribution is 2.44. The van der Waals surface area contributed by atoms with E-state index in [0.29, 0.717) is 17.0 Å². The lowest BCUT2D eigenvalue weighted by atomic mass is 9.94. The highest BCUT2D eigenvalue weighted by molar-refractivity contribution is 6.51. The summed E-state index contributed by atoms with van der Waals surface area (Å²) in [5.74, 6) is -1.97. The number of aryl methyl sites for hydroxylation is 2. The van der Waals surface area contributed by atoms with Gasteiger partial charge >= 0.3 is 0 Å². The number of para-hydroxylation sites is 1. The summed E-state index contributed by atoms with van der Waals surface area (Å²) in [5.41, 5.74) is 2.30. The molecule has 4 rings (SSSR count). The number of Topliss-reactive ketones (excluding diaryl/α,β-unsaturated/α-hetero) is 1. The van der Waals surface area contributed by atoms with Crippen LogP contribution < -0.4 is 9.64 Å². The molecule has 3 aromatic carbocycles. The zero-order valence-corrected chi connectivity index (χ0v) is 19.5. The molecule has 0 radical (unpaired) electrons. The normalized spacial score (nSPS) is 17.5. The van der Waals surface area contributed by atoms with Gasteiger partial charge in [0.15, 0.2) is 0 Å². The lowest BCUT2D eigenvalue weighted by Crippen LogP contribution is -2.30. The third-order valence-electron chi connectivity index (χ3n) is 5.83. The second-order valence-electron chi connectivity index (χ2n) is 8.62. The van der Waals surface area contributed by atoms with Crippen molar-refractivity contribution in [2.75, 3.05) is 4.90 Å². The fourth-order valence-corrected chi connectivity index (χ4v) is 4.24. The molecule has 1 aliphatic heterocycles. The van der Waals surface area contributed by atoms with E-state index in [9.17, 15) is 19.1 Å². The summed E-state index contributed by atoms with van der Waals surface area (Å²) in [6, 6.07) is 17.0. The smallest absolute Gasteiger partial charge is 0.300 e. The number of aliphatic hydroxyl groups excluding tert-OH is 1. The molecule has 174 valence electrons. The molecule has 1 fully saturated rings. The molecule has 0 bridgehead atoms. The van der Waals surface area contributed by atoms with Crippen LogP contribution in [0.4, 0.5) is 10.1 Å². The van der Waals surface area contributed by atoms with Crippen LogP contribution in [0.15, 0.2) is 72.3 Å². The molecule has 1 amide bonds. The summed E-state index contributed by atoms with van der Waals surface area (Å²) in [5, 5.41) is 11.3. The number of ketones is 1. The summed E-state index contributed by atoms with van der Waals surface area (Å²) in [6.45, 7) is 7.46. The van der Waals surface area contributed by atoms with Crippen LogP contribution in [0, 0.1) is 19.7 Å². The SMILES string of the molecule is Cc1cc(/C(O)=C2\C(=O)C(=O)N(c3ccccc3C)C2c2ccccc2F)ccc1OC(C)C. The van der Waals surface area contributed by atoms with Crippen molar-refractivity contribution in [2.45, 2.75) is 39.8 Å². The Morgan fingerprint density at radius 3 is 2.29 bits per heavy atom. The quantitative estimate of drug-likeness (QED) is 0.295. The molecule has 0 aliphatic carbocycles. The molecule has 1 unspecified atom stereocenters. The fraction of sp³-hybridized carbons (Fsp3) is 0.214. The van der Waals surface area contributed by atoms with Crippen LogP contribution in [-0.4, -0.2) is 22.9 Å². The summed E-state index contributed by atoms with van der Waals surface area (Å²) in [4.78, 5) is 27.8. The van der Waals surface area contributed by atoms with Crippen LogP contribution in [0.25, 0.3) is 5.76 Å². The van der Waals surface area contributed by atoms with Crippen molar-refractivity contribution < 1.29 is 23.8 Å². The van der Waals surface area contributed by atoms with Gasteiger partial charge in [-0.25, -0.2) is 4.39 Å². The van der Waals surface area contributed by atoms with E-state index in [1.54, 1.807) is 36.4 Å². The van der Waals surface area contributed by atoms with Crippen molar-refractivity contribution in [1.29, 1.82) is 0 Å². The van der Waals surface area contributed by atoms with Crippen molar-refractivity contribution in [3.8, 4) is 5.75 Å². The van der Waals surface area contributed by atoms with Crippen LogP contribution in [0.1, 0.15) is 42.1 Å². The number of hydrogen-bond donors (Lipinski definition) is 1. The number of halogens is 1. The average molecular weight is 460 g/mol. The molecule has 34 heavy (non-hydrogen) atoms. The summed E-state index contributed by atoms with van der Waals surface area (Å²) in [6.07, 6.45) is -0.0290. The first-order valence-electron chi connectivity index (χ1n) is 11.1. The number of carbonyl (C=O) groups excluding carboxylic acids is 2. The van der Waals surface area contributed by atoms with E-state index >= 15 is 0 Å². The van der Waals surface area contributed by atoms with Crippen molar-refractivity contribution in [2.24, 2.45) is 0 Å². The Morgan fingerprint density at radius 2 is 1.65 bits per heavy atom. The molecule has 1 aliphatic rings. The first-order valence-corrected chi connectivity index (χ1v) is 11.1. The van der Waals surface area contributed by atoms with Gasteiger partial charge in [-0.2, -0.15) is 0 Å². The first kappa shape index (κ1) is 23.2. The van der Waals surface area contributed by atoms with Crippen molar-refractivity contribution >= 4 is 23.1 Å². The lowest BCUT2D eigenvalue weighted by molar-refractivity contribution is -0.132.